The molecule has 2 aromatic rings. The van der Waals surface area contributed by atoms with E-state index in [1.54, 1.807) is 17.5 Å². The van der Waals surface area contributed by atoms with Gasteiger partial charge in [-0.05, 0) is 64.4 Å². The van der Waals surface area contributed by atoms with Crippen LogP contribution >= 0.6 is 11.3 Å². The summed E-state index contributed by atoms with van der Waals surface area (Å²) in [7, 11) is 0. The molecule has 2 aromatic heterocycles. The van der Waals surface area contributed by atoms with Gasteiger partial charge < -0.3 is 15.3 Å². The fourth-order valence-corrected chi connectivity index (χ4v) is 5.20. The summed E-state index contributed by atoms with van der Waals surface area (Å²) in [6, 6.07) is 2.09. The van der Waals surface area contributed by atoms with Gasteiger partial charge in [0.2, 0.25) is 0 Å². The van der Waals surface area contributed by atoms with Crippen molar-refractivity contribution in [1.82, 2.24) is 15.3 Å². The minimum atomic E-state index is -0.636. The Hall–Kier alpha value is -1.73. The van der Waals surface area contributed by atoms with Gasteiger partial charge in [-0.2, -0.15) is 4.98 Å². The summed E-state index contributed by atoms with van der Waals surface area (Å²) in [4.78, 5) is 24.0. The highest BCUT2D eigenvalue weighted by atomic mass is 32.1. The van der Waals surface area contributed by atoms with Crippen LogP contribution in [0.1, 0.15) is 62.7 Å². The maximum atomic E-state index is 12.7. The van der Waals surface area contributed by atoms with Gasteiger partial charge >= 0.3 is 0 Å². The van der Waals surface area contributed by atoms with Crippen LogP contribution < -0.4 is 10.2 Å². The number of carbonyl (C=O) groups is 1. The lowest BCUT2D eigenvalue weighted by molar-refractivity contribution is -0.00257. The van der Waals surface area contributed by atoms with E-state index in [2.05, 4.69) is 20.2 Å². The Kier molecular flexibility index (Phi) is 5.07. The normalized spacial score (nSPS) is 23.7. The first kappa shape index (κ1) is 18.6. The maximum absolute atomic E-state index is 12.7. The van der Waals surface area contributed by atoms with Crippen LogP contribution in [0.2, 0.25) is 0 Å². The average Bonchev–Trinajstić information content (AvgIpc) is 3.30. The summed E-state index contributed by atoms with van der Waals surface area (Å²) < 4.78 is 0.968. The second-order valence-electron chi connectivity index (χ2n) is 8.41. The molecule has 27 heavy (non-hydrogen) atoms. The van der Waals surface area contributed by atoms with Gasteiger partial charge in [0, 0.05) is 25.3 Å². The van der Waals surface area contributed by atoms with E-state index in [1.165, 1.54) is 12.8 Å². The second-order valence-corrected chi connectivity index (χ2v) is 9.42. The number of carbonyl (C=O) groups excluding carboxylic acids is 1. The highest BCUT2D eigenvalue weighted by Crippen LogP contribution is 2.33. The number of nitrogens with zero attached hydrogens (tertiary/aromatic N) is 3. The molecule has 1 saturated carbocycles. The molecule has 3 heterocycles. The van der Waals surface area contributed by atoms with E-state index in [9.17, 15) is 9.90 Å². The number of aliphatic hydroxyl groups is 1. The topological polar surface area (TPSA) is 78.3 Å². The van der Waals surface area contributed by atoms with Crippen LogP contribution in [0.15, 0.2) is 12.3 Å². The summed E-state index contributed by atoms with van der Waals surface area (Å²) in [5.41, 5.74) is 0.691. The van der Waals surface area contributed by atoms with Crippen molar-refractivity contribution in [3.63, 3.8) is 0 Å². The largest absolute Gasteiger partial charge is 0.390 e. The smallest absolute Gasteiger partial charge is 0.253 e. The van der Waals surface area contributed by atoms with Crippen LogP contribution in [0.5, 0.6) is 0 Å². The second kappa shape index (κ2) is 7.36. The lowest BCUT2D eigenvalue weighted by atomic mass is 9.77. The lowest BCUT2D eigenvalue weighted by Crippen LogP contribution is -2.41. The molecular formula is C20H28N4O2S. The first-order valence-corrected chi connectivity index (χ1v) is 10.8. The molecule has 0 spiro atoms. The Morgan fingerprint density at radius 1 is 1.26 bits per heavy atom. The van der Waals surface area contributed by atoms with Crippen molar-refractivity contribution in [3.8, 4) is 0 Å². The van der Waals surface area contributed by atoms with Gasteiger partial charge in [0.05, 0.1) is 15.9 Å². The molecule has 0 bridgehead atoms. The standard InChI is InChI=1S/C20H28N4O2S/c1-20(2,26)14-5-7-15(8-6-14)22-18(25)13-11-16-17(21-12-13)23-19(27-16)24-9-3-4-10-24/h11-12,14-15,26H,3-10H2,1-2H3,(H,22,25)/t14-,15-. The van der Waals surface area contributed by atoms with Crippen molar-refractivity contribution in [1.29, 1.82) is 0 Å². The molecule has 2 N–H and O–H groups in total. The first-order chi connectivity index (χ1) is 12.9. The molecule has 7 heteroatoms. The predicted molar refractivity (Wildman–Crippen MR) is 108 cm³/mol. The van der Waals surface area contributed by atoms with Crippen LogP contribution in [0.4, 0.5) is 5.13 Å². The number of rotatable bonds is 4. The lowest BCUT2D eigenvalue weighted by Gasteiger charge is -2.36. The van der Waals surface area contributed by atoms with E-state index in [-0.39, 0.29) is 11.9 Å². The third-order valence-corrected chi connectivity index (χ3v) is 6.99. The number of hydrogen-bond acceptors (Lipinski definition) is 6. The van der Waals surface area contributed by atoms with Crippen molar-refractivity contribution in [2.24, 2.45) is 5.92 Å². The highest BCUT2D eigenvalue weighted by molar-refractivity contribution is 7.22. The molecule has 1 saturated heterocycles. The van der Waals surface area contributed by atoms with Crippen molar-refractivity contribution in [2.45, 2.75) is 64.0 Å². The Morgan fingerprint density at radius 3 is 2.63 bits per heavy atom. The van der Waals surface area contributed by atoms with Gasteiger partial charge in [-0.1, -0.05) is 11.3 Å². The first-order valence-electron chi connectivity index (χ1n) is 9.95. The van der Waals surface area contributed by atoms with Crippen molar-refractivity contribution >= 4 is 32.7 Å². The Labute approximate surface area is 164 Å². The molecule has 146 valence electrons. The third kappa shape index (κ3) is 4.09. The summed E-state index contributed by atoms with van der Waals surface area (Å²) in [5, 5.41) is 14.3. The number of pyridine rings is 1. The van der Waals surface area contributed by atoms with Crippen LogP contribution in [-0.2, 0) is 0 Å². The molecule has 1 amide bonds. The van der Waals surface area contributed by atoms with Gasteiger partial charge in [0.25, 0.3) is 5.91 Å². The minimum absolute atomic E-state index is 0.0627. The van der Waals surface area contributed by atoms with Crippen molar-refractivity contribution < 1.29 is 9.90 Å². The predicted octanol–water partition coefficient (Wildman–Crippen LogP) is 3.35. The Bertz CT molecular complexity index is 815. The fraction of sp³-hybridized carbons (Fsp3) is 0.650. The number of anilines is 1. The quantitative estimate of drug-likeness (QED) is 0.840. The highest BCUT2D eigenvalue weighted by Gasteiger charge is 2.32. The SMILES string of the molecule is CC(C)(O)[C@H]1CC[C@H](NC(=O)c2cnc3nc(N4CCCC4)sc3c2)CC1. The molecule has 1 aliphatic carbocycles. The molecule has 0 unspecified atom stereocenters. The van der Waals surface area contributed by atoms with Gasteiger partial charge in [-0.3, -0.25) is 4.79 Å². The van der Waals surface area contributed by atoms with Gasteiger partial charge in [0.1, 0.15) is 0 Å². The average molecular weight is 389 g/mol. The fourth-order valence-electron chi connectivity index (χ4n) is 4.19. The summed E-state index contributed by atoms with van der Waals surface area (Å²) in [6.07, 6.45) is 7.78. The number of thiazole rings is 1. The van der Waals surface area contributed by atoms with Crippen LogP contribution in [0.25, 0.3) is 10.3 Å². The van der Waals surface area contributed by atoms with Crippen LogP contribution in [0, 0.1) is 5.92 Å². The monoisotopic (exact) mass is 388 g/mol. The van der Waals surface area contributed by atoms with E-state index < -0.39 is 5.60 Å². The van der Waals surface area contributed by atoms with E-state index >= 15 is 0 Å². The number of nitrogens with one attached hydrogen (secondary N) is 1. The molecular weight excluding hydrogens is 360 g/mol. The molecule has 1 aliphatic heterocycles. The molecule has 4 rings (SSSR count). The number of amides is 1. The van der Waals surface area contributed by atoms with Crippen LogP contribution in [-0.4, -0.2) is 45.7 Å². The molecule has 2 fully saturated rings. The molecule has 2 aliphatic rings. The Morgan fingerprint density at radius 2 is 1.96 bits per heavy atom. The molecule has 0 aromatic carbocycles. The van der Waals surface area contributed by atoms with Gasteiger partial charge in [-0.15, -0.1) is 0 Å². The zero-order valence-electron chi connectivity index (χ0n) is 16.1. The molecule has 6 nitrogen and oxygen atoms in total. The van der Waals surface area contributed by atoms with E-state index in [4.69, 9.17) is 0 Å². The van der Waals surface area contributed by atoms with E-state index in [1.807, 2.05) is 19.9 Å². The number of fused-ring (bicyclic) bond motifs is 1. The summed E-state index contributed by atoms with van der Waals surface area (Å²) in [6.45, 7) is 5.87. The number of aromatic nitrogens is 2. The Balaban J connectivity index is 1.41. The molecule has 0 radical (unpaired) electrons. The van der Waals surface area contributed by atoms with E-state index in [0.29, 0.717) is 11.5 Å². The van der Waals surface area contributed by atoms with Crippen molar-refractivity contribution in [2.75, 3.05) is 18.0 Å². The minimum Gasteiger partial charge on any atom is -0.390 e. The summed E-state index contributed by atoms with van der Waals surface area (Å²) in [5.74, 6) is 0.247. The molecule has 0 atom stereocenters. The van der Waals surface area contributed by atoms with Crippen LogP contribution in [0.3, 0.4) is 0 Å². The zero-order valence-corrected chi connectivity index (χ0v) is 16.9. The van der Waals surface area contributed by atoms with Gasteiger partial charge in [0.15, 0.2) is 10.8 Å². The van der Waals surface area contributed by atoms with Gasteiger partial charge in [-0.25, -0.2) is 4.98 Å². The maximum Gasteiger partial charge on any atom is 0.253 e. The third-order valence-electron chi connectivity index (χ3n) is 5.94. The zero-order chi connectivity index (χ0) is 19.0. The summed E-state index contributed by atoms with van der Waals surface area (Å²) >= 11 is 1.62. The number of hydrogen-bond donors (Lipinski definition) is 2. The van der Waals surface area contributed by atoms with Crippen molar-refractivity contribution in [3.05, 3.63) is 17.8 Å². The van der Waals surface area contributed by atoms with E-state index in [0.717, 1.165) is 54.3 Å².